The topological polar surface area (TPSA) is 42.3 Å². The second-order valence-electron chi connectivity index (χ2n) is 8.30. The SMILES string of the molecule is COCCCN1C(=S)N[C@@H](c2ccccn2)[C@@H]1c1cc(C)n(C2CCCC2)c1C. The number of methoxy groups -OCH3 is 1. The number of nitrogens with zero attached hydrogens (tertiary/aromatic N) is 3. The first-order valence-electron chi connectivity index (χ1n) is 10.8. The predicted molar refractivity (Wildman–Crippen MR) is 120 cm³/mol. The Morgan fingerprint density at radius 3 is 2.72 bits per heavy atom. The van der Waals surface area contributed by atoms with Gasteiger partial charge in [0.2, 0.25) is 0 Å². The standard InChI is InChI=1S/C23H32N4OS/c1-16-15-19(17(2)27(16)18-9-4-5-10-18)22-21(20-11-6-7-12-24-20)25-23(29)26(22)13-8-14-28-3/h6-7,11-12,15,18,21-22H,4-5,8-10,13-14H2,1-3H3,(H,25,29)/t21-,22-/m0/s1. The zero-order valence-electron chi connectivity index (χ0n) is 17.7. The lowest BCUT2D eigenvalue weighted by Crippen LogP contribution is -2.31. The molecule has 0 amide bonds. The van der Waals surface area contributed by atoms with Gasteiger partial charge in [-0.25, -0.2) is 0 Å². The summed E-state index contributed by atoms with van der Waals surface area (Å²) in [6, 6.07) is 9.35. The first-order chi connectivity index (χ1) is 14.1. The molecule has 2 aromatic heterocycles. The minimum atomic E-state index is 0.0590. The number of hydrogen-bond donors (Lipinski definition) is 1. The Hall–Kier alpha value is -1.92. The van der Waals surface area contributed by atoms with E-state index in [0.29, 0.717) is 6.04 Å². The van der Waals surface area contributed by atoms with Crippen molar-refractivity contribution in [2.24, 2.45) is 0 Å². The number of thiocarbonyl (C=S) groups is 1. The molecule has 3 heterocycles. The van der Waals surface area contributed by atoms with Crippen LogP contribution in [0.25, 0.3) is 0 Å². The van der Waals surface area contributed by atoms with Crippen LogP contribution in [0.1, 0.15) is 72.9 Å². The van der Waals surface area contributed by atoms with E-state index in [-0.39, 0.29) is 12.1 Å². The average molecular weight is 413 g/mol. The Bertz CT molecular complexity index is 844. The summed E-state index contributed by atoms with van der Waals surface area (Å²) >= 11 is 5.77. The summed E-state index contributed by atoms with van der Waals surface area (Å²) in [4.78, 5) is 7.00. The minimum Gasteiger partial charge on any atom is -0.385 e. The van der Waals surface area contributed by atoms with Gasteiger partial charge in [-0.2, -0.15) is 0 Å². The molecule has 6 heteroatoms. The van der Waals surface area contributed by atoms with Crippen LogP contribution >= 0.6 is 12.2 Å². The highest BCUT2D eigenvalue weighted by Gasteiger charge is 2.41. The van der Waals surface area contributed by atoms with Gasteiger partial charge in [-0.15, -0.1) is 0 Å². The summed E-state index contributed by atoms with van der Waals surface area (Å²) in [5.41, 5.74) is 5.15. The van der Waals surface area contributed by atoms with Crippen LogP contribution in [0, 0.1) is 13.8 Å². The van der Waals surface area contributed by atoms with Crippen molar-refractivity contribution in [3.8, 4) is 0 Å². The Morgan fingerprint density at radius 1 is 1.24 bits per heavy atom. The monoisotopic (exact) mass is 412 g/mol. The number of aryl methyl sites for hydroxylation is 1. The van der Waals surface area contributed by atoms with Crippen molar-refractivity contribution in [2.45, 2.75) is 64.1 Å². The van der Waals surface area contributed by atoms with Crippen molar-refractivity contribution < 1.29 is 4.74 Å². The van der Waals surface area contributed by atoms with Crippen molar-refractivity contribution >= 4 is 17.3 Å². The second kappa shape index (κ2) is 8.84. The fourth-order valence-corrected chi connectivity index (χ4v) is 5.52. The largest absolute Gasteiger partial charge is 0.385 e. The number of pyridine rings is 1. The minimum absolute atomic E-state index is 0.0590. The molecule has 1 aliphatic carbocycles. The number of nitrogens with one attached hydrogen (secondary N) is 1. The quantitative estimate of drug-likeness (QED) is 0.531. The highest BCUT2D eigenvalue weighted by atomic mass is 32.1. The maximum Gasteiger partial charge on any atom is 0.170 e. The molecule has 2 atom stereocenters. The average Bonchev–Trinajstić information content (AvgIpc) is 3.42. The van der Waals surface area contributed by atoms with Crippen LogP contribution in [0.3, 0.4) is 0 Å². The van der Waals surface area contributed by atoms with Gasteiger partial charge in [0, 0.05) is 43.9 Å². The fraction of sp³-hybridized carbons (Fsp3) is 0.565. The molecule has 2 fully saturated rings. The van der Waals surface area contributed by atoms with Crippen LogP contribution < -0.4 is 5.32 Å². The number of ether oxygens (including phenoxy) is 1. The molecule has 0 radical (unpaired) electrons. The molecule has 0 unspecified atom stereocenters. The smallest absolute Gasteiger partial charge is 0.170 e. The lowest BCUT2D eigenvalue weighted by atomic mass is 9.96. The van der Waals surface area contributed by atoms with E-state index in [1.165, 1.54) is 42.6 Å². The Balaban J connectivity index is 1.73. The van der Waals surface area contributed by atoms with Crippen molar-refractivity contribution in [1.82, 2.24) is 19.8 Å². The Kier molecular flexibility index (Phi) is 6.20. The second-order valence-corrected chi connectivity index (χ2v) is 8.69. The van der Waals surface area contributed by atoms with Crippen LogP contribution in [0.15, 0.2) is 30.5 Å². The Labute approximate surface area is 179 Å². The molecule has 1 N–H and O–H groups in total. The molecule has 5 nitrogen and oxygen atoms in total. The number of rotatable bonds is 7. The van der Waals surface area contributed by atoms with Gasteiger partial charge in [-0.3, -0.25) is 4.98 Å². The van der Waals surface area contributed by atoms with Gasteiger partial charge in [-0.05, 0) is 69.1 Å². The molecule has 0 spiro atoms. The normalized spacial score (nSPS) is 22.4. The van der Waals surface area contributed by atoms with Gasteiger partial charge in [0.15, 0.2) is 5.11 Å². The summed E-state index contributed by atoms with van der Waals surface area (Å²) < 4.78 is 7.87. The Morgan fingerprint density at radius 2 is 2.03 bits per heavy atom. The zero-order valence-corrected chi connectivity index (χ0v) is 18.5. The zero-order chi connectivity index (χ0) is 20.4. The summed E-state index contributed by atoms with van der Waals surface area (Å²) in [7, 11) is 1.75. The molecule has 29 heavy (non-hydrogen) atoms. The van der Waals surface area contributed by atoms with Crippen molar-refractivity contribution in [3.63, 3.8) is 0 Å². The molecule has 0 aromatic carbocycles. The number of hydrogen-bond acceptors (Lipinski definition) is 3. The van der Waals surface area contributed by atoms with Gasteiger partial charge in [0.25, 0.3) is 0 Å². The summed E-state index contributed by atoms with van der Waals surface area (Å²) in [5.74, 6) is 0. The van der Waals surface area contributed by atoms with Crippen LogP contribution in [0.4, 0.5) is 0 Å². The molecule has 2 aliphatic rings. The van der Waals surface area contributed by atoms with Gasteiger partial charge >= 0.3 is 0 Å². The lowest BCUT2D eigenvalue weighted by molar-refractivity contribution is 0.180. The lowest BCUT2D eigenvalue weighted by Gasteiger charge is -2.28. The van der Waals surface area contributed by atoms with E-state index in [2.05, 4.69) is 51.8 Å². The van der Waals surface area contributed by atoms with E-state index >= 15 is 0 Å². The van der Waals surface area contributed by atoms with Crippen LogP contribution in [0.5, 0.6) is 0 Å². The third kappa shape index (κ3) is 3.92. The molecule has 1 saturated carbocycles. The van der Waals surface area contributed by atoms with Crippen LogP contribution in [-0.2, 0) is 4.74 Å². The number of aromatic nitrogens is 2. The van der Waals surface area contributed by atoms with E-state index in [0.717, 1.165) is 30.4 Å². The first kappa shape index (κ1) is 20.4. The predicted octanol–water partition coefficient (Wildman–Crippen LogP) is 4.62. The van der Waals surface area contributed by atoms with Crippen LogP contribution in [0.2, 0.25) is 0 Å². The third-order valence-corrected chi connectivity index (χ3v) is 6.83. The molecule has 0 bridgehead atoms. The van der Waals surface area contributed by atoms with Crippen LogP contribution in [-0.4, -0.2) is 39.8 Å². The van der Waals surface area contributed by atoms with Gasteiger partial charge in [-0.1, -0.05) is 18.9 Å². The summed E-state index contributed by atoms with van der Waals surface area (Å²) in [5, 5.41) is 4.38. The highest BCUT2D eigenvalue weighted by Crippen LogP contribution is 2.42. The third-order valence-electron chi connectivity index (χ3n) is 6.48. The fourth-order valence-electron chi connectivity index (χ4n) is 5.19. The van der Waals surface area contributed by atoms with Gasteiger partial charge in [0.05, 0.1) is 17.8 Å². The van der Waals surface area contributed by atoms with Crippen molar-refractivity contribution in [2.75, 3.05) is 20.3 Å². The van der Waals surface area contributed by atoms with E-state index in [1.54, 1.807) is 7.11 Å². The van der Waals surface area contributed by atoms with E-state index in [9.17, 15) is 0 Å². The first-order valence-corrected chi connectivity index (χ1v) is 11.2. The molecule has 1 aliphatic heterocycles. The van der Waals surface area contributed by atoms with Gasteiger partial charge in [0.1, 0.15) is 0 Å². The molecule has 1 saturated heterocycles. The molecule has 156 valence electrons. The molecule has 2 aromatic rings. The highest BCUT2D eigenvalue weighted by molar-refractivity contribution is 7.80. The molecule has 4 rings (SSSR count). The molecular weight excluding hydrogens is 380 g/mol. The van der Waals surface area contributed by atoms with Gasteiger partial charge < -0.3 is 19.5 Å². The van der Waals surface area contributed by atoms with Crippen molar-refractivity contribution in [1.29, 1.82) is 0 Å². The van der Waals surface area contributed by atoms with E-state index in [1.807, 2.05) is 12.3 Å². The molecular formula is C23H32N4OS. The summed E-state index contributed by atoms with van der Waals surface area (Å²) in [6.45, 7) is 6.15. The van der Waals surface area contributed by atoms with Crippen molar-refractivity contribution in [3.05, 3.63) is 53.1 Å². The maximum atomic E-state index is 5.77. The van der Waals surface area contributed by atoms with E-state index in [4.69, 9.17) is 17.0 Å². The van der Waals surface area contributed by atoms with E-state index < -0.39 is 0 Å². The summed E-state index contributed by atoms with van der Waals surface area (Å²) in [6.07, 6.45) is 8.08. The maximum absolute atomic E-state index is 5.77.